The number of hydrogen-bond donors (Lipinski definition) is 0. The molecule has 23 heavy (non-hydrogen) atoms. The van der Waals surface area contributed by atoms with E-state index in [-0.39, 0.29) is 11.9 Å². The van der Waals surface area contributed by atoms with Crippen molar-refractivity contribution in [2.45, 2.75) is 18.2 Å². The van der Waals surface area contributed by atoms with Gasteiger partial charge in [0.15, 0.2) is 0 Å². The van der Waals surface area contributed by atoms with Crippen LogP contribution in [0.3, 0.4) is 0 Å². The lowest BCUT2D eigenvalue weighted by molar-refractivity contribution is 0.262. The molecule has 1 aromatic heterocycles. The molecule has 2 atom stereocenters. The van der Waals surface area contributed by atoms with Gasteiger partial charge in [-0.25, -0.2) is 14.1 Å². The van der Waals surface area contributed by atoms with E-state index in [0.29, 0.717) is 11.6 Å². The van der Waals surface area contributed by atoms with E-state index in [9.17, 15) is 4.39 Å². The predicted molar refractivity (Wildman–Crippen MR) is 83.4 cm³/mol. The lowest BCUT2D eigenvalue weighted by atomic mass is 9.91. The Hall–Kier alpha value is -2.24. The number of epoxide rings is 1. The van der Waals surface area contributed by atoms with E-state index < -0.39 is 5.60 Å². The van der Waals surface area contributed by atoms with Crippen molar-refractivity contribution in [3.8, 4) is 0 Å². The maximum absolute atomic E-state index is 13.3. The van der Waals surface area contributed by atoms with Crippen LogP contribution < -0.4 is 0 Å². The van der Waals surface area contributed by atoms with Crippen molar-refractivity contribution in [2.24, 2.45) is 0 Å². The summed E-state index contributed by atoms with van der Waals surface area (Å²) in [6, 6.07) is 13.9. The minimum atomic E-state index is -0.619. The van der Waals surface area contributed by atoms with Gasteiger partial charge in [-0.3, -0.25) is 0 Å². The molecule has 0 radical (unpaired) electrons. The molecule has 4 nitrogen and oxygen atoms in total. The van der Waals surface area contributed by atoms with E-state index in [1.165, 1.54) is 18.5 Å². The van der Waals surface area contributed by atoms with Gasteiger partial charge >= 0.3 is 0 Å². The number of halogens is 2. The fraction of sp³-hybridized carbons (Fsp3) is 0.176. The van der Waals surface area contributed by atoms with Crippen molar-refractivity contribution in [1.82, 2.24) is 14.8 Å². The van der Waals surface area contributed by atoms with Crippen LogP contribution in [0.5, 0.6) is 0 Å². The Morgan fingerprint density at radius 2 is 1.96 bits per heavy atom. The van der Waals surface area contributed by atoms with Gasteiger partial charge in [0.2, 0.25) is 0 Å². The second kappa shape index (κ2) is 5.44. The molecule has 1 fully saturated rings. The van der Waals surface area contributed by atoms with Crippen molar-refractivity contribution in [2.75, 3.05) is 0 Å². The van der Waals surface area contributed by atoms with E-state index in [1.807, 2.05) is 24.3 Å². The molecule has 2 heterocycles. The molecule has 0 bridgehead atoms. The molecular weight excluding hydrogens is 317 g/mol. The highest BCUT2D eigenvalue weighted by atomic mass is 35.5. The van der Waals surface area contributed by atoms with Crippen LogP contribution in [0.2, 0.25) is 5.02 Å². The highest BCUT2D eigenvalue weighted by molar-refractivity contribution is 6.31. The number of rotatable bonds is 4. The minimum absolute atomic E-state index is 0.203. The lowest BCUT2D eigenvalue weighted by Gasteiger charge is -2.14. The molecule has 1 aliphatic rings. The summed E-state index contributed by atoms with van der Waals surface area (Å²) in [5, 5.41) is 4.81. The third kappa shape index (κ3) is 2.52. The minimum Gasteiger partial charge on any atom is -0.354 e. The number of ether oxygens (including phenoxy) is 1. The van der Waals surface area contributed by atoms with Crippen LogP contribution in [0.15, 0.2) is 61.2 Å². The highest BCUT2D eigenvalue weighted by Gasteiger charge is 2.59. The van der Waals surface area contributed by atoms with Crippen molar-refractivity contribution in [3.63, 3.8) is 0 Å². The van der Waals surface area contributed by atoms with Gasteiger partial charge in [-0.15, -0.1) is 0 Å². The first kappa shape index (κ1) is 14.4. The average molecular weight is 330 g/mol. The molecule has 0 aliphatic carbocycles. The number of nitrogens with zero attached hydrogens (tertiary/aromatic N) is 3. The Morgan fingerprint density at radius 1 is 1.17 bits per heavy atom. The second-order valence-electron chi connectivity index (χ2n) is 5.51. The standard InChI is InChI=1S/C17H13ClFN3O/c18-15-4-2-1-3-14(15)16-17(23-16,9-22-11-20-10-21-22)12-5-7-13(19)8-6-12/h1-8,10-11,16H,9H2/t16-,17?/m0/s1. The van der Waals surface area contributed by atoms with Crippen LogP contribution in [0, 0.1) is 5.82 Å². The molecule has 3 aromatic rings. The van der Waals surface area contributed by atoms with Crippen LogP contribution in [0.1, 0.15) is 17.2 Å². The monoisotopic (exact) mass is 329 g/mol. The van der Waals surface area contributed by atoms with Gasteiger partial charge in [0.25, 0.3) is 0 Å². The van der Waals surface area contributed by atoms with Crippen LogP contribution in [-0.4, -0.2) is 14.8 Å². The summed E-state index contributed by atoms with van der Waals surface area (Å²) in [5.74, 6) is -0.278. The Balaban J connectivity index is 1.74. The molecule has 0 amide bonds. The van der Waals surface area contributed by atoms with Crippen LogP contribution in [-0.2, 0) is 16.9 Å². The topological polar surface area (TPSA) is 43.2 Å². The van der Waals surface area contributed by atoms with Gasteiger partial charge in [0.1, 0.15) is 30.2 Å². The maximum Gasteiger partial charge on any atom is 0.144 e. The first-order valence-electron chi connectivity index (χ1n) is 7.20. The molecule has 0 N–H and O–H groups in total. The molecule has 116 valence electrons. The molecule has 6 heteroatoms. The second-order valence-corrected chi connectivity index (χ2v) is 5.92. The van der Waals surface area contributed by atoms with Crippen molar-refractivity contribution in [1.29, 1.82) is 0 Å². The quantitative estimate of drug-likeness (QED) is 0.685. The molecule has 4 rings (SSSR count). The van der Waals surface area contributed by atoms with Gasteiger partial charge in [-0.05, 0) is 23.8 Å². The Morgan fingerprint density at radius 3 is 2.65 bits per heavy atom. The summed E-state index contributed by atoms with van der Waals surface area (Å²) in [6.07, 6.45) is 2.91. The van der Waals surface area contributed by atoms with Gasteiger partial charge in [0, 0.05) is 10.6 Å². The molecular formula is C17H13ClFN3O. The summed E-state index contributed by atoms with van der Waals surface area (Å²) >= 11 is 6.31. The Labute approximate surface area is 137 Å². The first-order chi connectivity index (χ1) is 11.2. The fourth-order valence-electron chi connectivity index (χ4n) is 2.90. The Kier molecular flexibility index (Phi) is 3.39. The predicted octanol–water partition coefficient (Wildman–Crippen LogP) is 3.74. The highest BCUT2D eigenvalue weighted by Crippen LogP contribution is 2.59. The van der Waals surface area contributed by atoms with Gasteiger partial charge in [0.05, 0.1) is 6.54 Å². The molecule has 0 saturated carbocycles. The lowest BCUT2D eigenvalue weighted by Crippen LogP contribution is -2.19. The molecule has 1 aliphatic heterocycles. The van der Waals surface area contributed by atoms with E-state index in [4.69, 9.17) is 16.3 Å². The van der Waals surface area contributed by atoms with Gasteiger partial charge in [-0.2, -0.15) is 5.10 Å². The third-order valence-electron chi connectivity index (χ3n) is 4.08. The third-order valence-corrected chi connectivity index (χ3v) is 4.42. The van der Waals surface area contributed by atoms with Crippen LogP contribution >= 0.6 is 11.6 Å². The average Bonchev–Trinajstić information content (AvgIpc) is 3.02. The zero-order chi connectivity index (χ0) is 15.9. The number of hydrogen-bond acceptors (Lipinski definition) is 3. The van der Waals surface area contributed by atoms with Gasteiger partial charge in [-0.1, -0.05) is 41.9 Å². The summed E-state index contributed by atoms with van der Waals surface area (Å²) in [5.41, 5.74) is 1.18. The molecule has 1 saturated heterocycles. The van der Waals surface area contributed by atoms with E-state index in [1.54, 1.807) is 23.1 Å². The SMILES string of the molecule is Fc1ccc(C2(Cn3cncn3)O[C@H]2c2ccccc2Cl)cc1. The number of benzene rings is 2. The molecule has 1 unspecified atom stereocenters. The fourth-order valence-corrected chi connectivity index (χ4v) is 3.13. The summed E-state index contributed by atoms with van der Waals surface area (Å²) < 4.78 is 21.1. The molecule has 0 spiro atoms. The molecule has 2 aromatic carbocycles. The van der Waals surface area contributed by atoms with Crippen molar-refractivity contribution >= 4 is 11.6 Å². The van der Waals surface area contributed by atoms with Crippen LogP contribution in [0.25, 0.3) is 0 Å². The smallest absolute Gasteiger partial charge is 0.144 e. The van der Waals surface area contributed by atoms with Gasteiger partial charge < -0.3 is 4.74 Å². The zero-order valence-electron chi connectivity index (χ0n) is 12.1. The summed E-state index contributed by atoms with van der Waals surface area (Å²) in [7, 11) is 0. The Bertz CT molecular complexity index is 822. The summed E-state index contributed by atoms with van der Waals surface area (Å²) in [4.78, 5) is 3.97. The van der Waals surface area contributed by atoms with E-state index >= 15 is 0 Å². The first-order valence-corrected chi connectivity index (χ1v) is 7.57. The van der Waals surface area contributed by atoms with E-state index in [2.05, 4.69) is 10.1 Å². The number of aromatic nitrogens is 3. The van der Waals surface area contributed by atoms with Crippen molar-refractivity contribution < 1.29 is 9.13 Å². The van der Waals surface area contributed by atoms with E-state index in [0.717, 1.165) is 11.1 Å². The summed E-state index contributed by atoms with van der Waals surface area (Å²) in [6.45, 7) is 0.481. The largest absolute Gasteiger partial charge is 0.354 e. The van der Waals surface area contributed by atoms with Crippen molar-refractivity contribution in [3.05, 3.63) is 83.2 Å². The zero-order valence-corrected chi connectivity index (χ0v) is 12.8. The normalized spacial score (nSPS) is 23.0. The van der Waals surface area contributed by atoms with Crippen LogP contribution in [0.4, 0.5) is 4.39 Å². The maximum atomic E-state index is 13.3.